The van der Waals surface area contributed by atoms with E-state index in [1.807, 2.05) is 6.07 Å². The molecule has 2 fully saturated rings. The van der Waals surface area contributed by atoms with Gasteiger partial charge in [-0.2, -0.15) is 0 Å². The molecule has 140 valence electrons. The van der Waals surface area contributed by atoms with E-state index in [2.05, 4.69) is 41.6 Å². The summed E-state index contributed by atoms with van der Waals surface area (Å²) in [6.45, 7) is 6.24. The molecular weight excluding hydrogens is 332 g/mol. The number of morpholine rings is 1. The van der Waals surface area contributed by atoms with E-state index < -0.39 is 0 Å². The Morgan fingerprint density at radius 2 is 1.88 bits per heavy atom. The molecule has 0 bridgehead atoms. The number of nitrogens with two attached hydrogens (primary N) is 1. The number of nitrogen functional groups attached to an aromatic ring is 1. The van der Waals surface area contributed by atoms with Crippen LogP contribution in [0.4, 0.5) is 11.6 Å². The first-order chi connectivity index (χ1) is 12.7. The average Bonchev–Trinajstić information content (AvgIpc) is 3.03. The van der Waals surface area contributed by atoms with Gasteiger partial charge in [0.05, 0.1) is 19.8 Å². The summed E-state index contributed by atoms with van der Waals surface area (Å²) in [5, 5.41) is 8.96. The van der Waals surface area contributed by atoms with E-state index in [1.165, 1.54) is 6.33 Å². The minimum atomic E-state index is 0.432. The van der Waals surface area contributed by atoms with Gasteiger partial charge in [-0.1, -0.05) is 0 Å². The number of hydrogen-bond acceptors (Lipinski definition) is 8. The summed E-state index contributed by atoms with van der Waals surface area (Å²) in [5.74, 6) is 3.98. The normalized spacial score (nSPS) is 19.8. The van der Waals surface area contributed by atoms with Gasteiger partial charge in [0.25, 0.3) is 0 Å². The first kappa shape index (κ1) is 17.2. The van der Waals surface area contributed by atoms with E-state index in [1.54, 1.807) is 0 Å². The topological polar surface area (TPSA) is 98.2 Å². The predicted octanol–water partition coefficient (Wildman–Crippen LogP) is 0.404. The molecule has 2 saturated heterocycles. The first-order valence-electron chi connectivity index (χ1n) is 9.21. The molecule has 0 atom stereocenters. The molecule has 2 aromatic rings. The lowest BCUT2D eigenvalue weighted by Crippen LogP contribution is -2.36. The fourth-order valence-corrected chi connectivity index (χ4v) is 3.73. The maximum atomic E-state index is 5.77. The second-order valence-corrected chi connectivity index (χ2v) is 6.98. The van der Waals surface area contributed by atoms with Crippen molar-refractivity contribution >= 4 is 11.6 Å². The van der Waals surface area contributed by atoms with Crippen LogP contribution < -0.4 is 10.6 Å². The fraction of sp³-hybridized carbons (Fsp3) is 0.647. The molecule has 0 amide bonds. The third-order valence-electron chi connectivity index (χ3n) is 5.33. The predicted molar refractivity (Wildman–Crippen MR) is 97.7 cm³/mol. The Hall–Kier alpha value is -2.26. The molecule has 4 heterocycles. The van der Waals surface area contributed by atoms with Crippen LogP contribution in [0.2, 0.25) is 0 Å². The third-order valence-corrected chi connectivity index (χ3v) is 5.33. The molecule has 0 aliphatic carbocycles. The molecule has 0 aromatic carbocycles. The number of aromatic nitrogens is 5. The van der Waals surface area contributed by atoms with E-state index in [0.29, 0.717) is 11.7 Å². The maximum Gasteiger partial charge on any atom is 0.146 e. The van der Waals surface area contributed by atoms with Gasteiger partial charge in [-0.25, -0.2) is 9.97 Å². The Morgan fingerprint density at radius 3 is 2.62 bits per heavy atom. The number of ether oxygens (including phenoxy) is 1. The zero-order valence-electron chi connectivity index (χ0n) is 15.2. The Kier molecular flexibility index (Phi) is 4.98. The molecule has 0 saturated carbocycles. The highest BCUT2D eigenvalue weighted by molar-refractivity contribution is 5.46. The molecule has 2 aliphatic heterocycles. The molecule has 2 aliphatic rings. The lowest BCUT2D eigenvalue weighted by atomic mass is 9.96. The van der Waals surface area contributed by atoms with Crippen molar-refractivity contribution in [1.29, 1.82) is 0 Å². The number of piperidine rings is 1. The molecule has 0 spiro atoms. The zero-order valence-corrected chi connectivity index (χ0v) is 15.2. The van der Waals surface area contributed by atoms with Gasteiger partial charge >= 0.3 is 0 Å². The third kappa shape index (κ3) is 3.63. The lowest BCUT2D eigenvalue weighted by molar-refractivity contribution is 0.0326. The van der Waals surface area contributed by atoms with Crippen LogP contribution in [-0.4, -0.2) is 69.0 Å². The Morgan fingerprint density at radius 1 is 1.12 bits per heavy atom. The van der Waals surface area contributed by atoms with Crippen LogP contribution in [-0.2, 0) is 18.3 Å². The zero-order chi connectivity index (χ0) is 17.9. The van der Waals surface area contributed by atoms with Gasteiger partial charge in [-0.05, 0) is 12.8 Å². The summed E-state index contributed by atoms with van der Waals surface area (Å²) in [6.07, 6.45) is 3.60. The van der Waals surface area contributed by atoms with Crippen molar-refractivity contribution in [2.24, 2.45) is 7.05 Å². The molecule has 26 heavy (non-hydrogen) atoms. The molecular formula is C17H26N8O. The van der Waals surface area contributed by atoms with Crippen LogP contribution in [0.5, 0.6) is 0 Å². The van der Waals surface area contributed by atoms with Gasteiger partial charge < -0.3 is 19.9 Å². The number of hydrogen-bond donors (Lipinski definition) is 1. The summed E-state index contributed by atoms with van der Waals surface area (Å²) in [4.78, 5) is 12.9. The standard InChI is InChI=1S/C17H26N8O/c1-23-16(11-24-6-8-26-9-7-24)21-22-17(23)13-2-4-25(5-3-13)15-10-14(18)19-12-20-15/h10,12-13H,2-9,11H2,1H3,(H2,18,19,20). The van der Waals surface area contributed by atoms with Crippen molar-refractivity contribution in [3.8, 4) is 0 Å². The maximum absolute atomic E-state index is 5.77. The Bertz CT molecular complexity index is 734. The van der Waals surface area contributed by atoms with Crippen LogP contribution in [0, 0.1) is 0 Å². The van der Waals surface area contributed by atoms with Gasteiger partial charge in [0.1, 0.15) is 29.6 Å². The van der Waals surface area contributed by atoms with Gasteiger partial charge in [0, 0.05) is 45.2 Å². The average molecular weight is 358 g/mol. The van der Waals surface area contributed by atoms with Gasteiger partial charge in [-0.3, -0.25) is 4.90 Å². The van der Waals surface area contributed by atoms with Crippen LogP contribution in [0.3, 0.4) is 0 Å². The minimum Gasteiger partial charge on any atom is -0.384 e. The number of anilines is 2. The van der Waals surface area contributed by atoms with Gasteiger partial charge in [0.15, 0.2) is 0 Å². The van der Waals surface area contributed by atoms with Crippen molar-refractivity contribution in [1.82, 2.24) is 29.6 Å². The molecule has 0 unspecified atom stereocenters. The van der Waals surface area contributed by atoms with E-state index in [9.17, 15) is 0 Å². The largest absolute Gasteiger partial charge is 0.384 e. The van der Waals surface area contributed by atoms with Gasteiger partial charge in [0.2, 0.25) is 0 Å². The van der Waals surface area contributed by atoms with Crippen molar-refractivity contribution in [2.75, 3.05) is 50.0 Å². The molecule has 4 rings (SSSR count). The van der Waals surface area contributed by atoms with E-state index in [-0.39, 0.29) is 0 Å². The molecule has 9 heteroatoms. The summed E-state index contributed by atoms with van der Waals surface area (Å²) >= 11 is 0. The molecule has 9 nitrogen and oxygen atoms in total. The van der Waals surface area contributed by atoms with Crippen LogP contribution in [0.1, 0.15) is 30.4 Å². The van der Waals surface area contributed by atoms with Crippen LogP contribution in [0.25, 0.3) is 0 Å². The highest BCUT2D eigenvalue weighted by atomic mass is 16.5. The lowest BCUT2D eigenvalue weighted by Gasteiger charge is -2.32. The fourth-order valence-electron chi connectivity index (χ4n) is 3.73. The van der Waals surface area contributed by atoms with E-state index in [4.69, 9.17) is 10.5 Å². The van der Waals surface area contributed by atoms with Crippen molar-refractivity contribution < 1.29 is 4.74 Å². The van der Waals surface area contributed by atoms with Crippen LogP contribution in [0.15, 0.2) is 12.4 Å². The Labute approximate surface area is 153 Å². The summed E-state index contributed by atoms with van der Waals surface area (Å²) < 4.78 is 7.59. The van der Waals surface area contributed by atoms with Crippen molar-refractivity contribution in [3.05, 3.63) is 24.0 Å². The molecule has 2 aromatic heterocycles. The van der Waals surface area contributed by atoms with Crippen LogP contribution >= 0.6 is 0 Å². The summed E-state index contributed by atoms with van der Waals surface area (Å²) in [7, 11) is 2.09. The highest BCUT2D eigenvalue weighted by Crippen LogP contribution is 2.29. The van der Waals surface area contributed by atoms with E-state index in [0.717, 1.165) is 76.2 Å². The monoisotopic (exact) mass is 358 g/mol. The second-order valence-electron chi connectivity index (χ2n) is 6.98. The molecule has 2 N–H and O–H groups in total. The summed E-state index contributed by atoms with van der Waals surface area (Å²) in [5.41, 5.74) is 5.77. The molecule has 0 radical (unpaired) electrons. The Balaban J connectivity index is 1.38. The van der Waals surface area contributed by atoms with Crippen molar-refractivity contribution in [3.63, 3.8) is 0 Å². The number of rotatable bonds is 4. The van der Waals surface area contributed by atoms with Gasteiger partial charge in [-0.15, -0.1) is 10.2 Å². The quantitative estimate of drug-likeness (QED) is 0.839. The summed E-state index contributed by atoms with van der Waals surface area (Å²) in [6, 6.07) is 1.84. The SMILES string of the molecule is Cn1c(CN2CCOCC2)nnc1C1CCN(c2cc(N)ncn2)CC1. The minimum absolute atomic E-state index is 0.432. The first-order valence-corrected chi connectivity index (χ1v) is 9.21. The number of nitrogens with zero attached hydrogens (tertiary/aromatic N) is 7. The van der Waals surface area contributed by atoms with Crippen molar-refractivity contribution in [2.45, 2.75) is 25.3 Å². The highest BCUT2D eigenvalue weighted by Gasteiger charge is 2.26. The smallest absolute Gasteiger partial charge is 0.146 e. The second kappa shape index (κ2) is 7.55. The van der Waals surface area contributed by atoms with E-state index >= 15 is 0 Å².